The predicted octanol–water partition coefficient (Wildman–Crippen LogP) is 4.00. The van der Waals surface area contributed by atoms with E-state index in [1.165, 1.54) is 43.9 Å². The third-order valence-electron chi connectivity index (χ3n) is 3.82. The van der Waals surface area contributed by atoms with Gasteiger partial charge in [-0.25, -0.2) is 4.39 Å². The highest BCUT2D eigenvalue weighted by Crippen LogP contribution is 2.26. The molecule has 1 aromatic rings. The van der Waals surface area contributed by atoms with Crippen LogP contribution in [0.2, 0.25) is 0 Å². The largest absolute Gasteiger partial charge is 0.326 e. The molecular formula is C16H19FN2O. The molecule has 1 fully saturated rings. The topological polar surface area (TPSA) is 52.9 Å². The summed E-state index contributed by atoms with van der Waals surface area (Å²) < 4.78 is 13.2. The first-order valence-electron chi connectivity index (χ1n) is 7.18. The molecule has 0 unspecified atom stereocenters. The first-order chi connectivity index (χ1) is 9.69. The quantitative estimate of drug-likeness (QED) is 0.847. The van der Waals surface area contributed by atoms with Crippen LogP contribution in [0.1, 0.15) is 50.5 Å². The molecule has 0 radical (unpaired) electrons. The molecule has 1 aliphatic rings. The van der Waals surface area contributed by atoms with Crippen LogP contribution in [-0.2, 0) is 4.79 Å². The number of hydrogen-bond acceptors (Lipinski definition) is 2. The zero-order valence-corrected chi connectivity index (χ0v) is 11.5. The molecule has 0 aromatic heterocycles. The fourth-order valence-corrected chi connectivity index (χ4v) is 2.73. The van der Waals surface area contributed by atoms with Crippen molar-refractivity contribution in [2.24, 2.45) is 5.92 Å². The normalized spacial score (nSPS) is 16.2. The van der Waals surface area contributed by atoms with E-state index in [0.717, 1.165) is 12.8 Å². The van der Waals surface area contributed by atoms with Crippen LogP contribution < -0.4 is 5.32 Å². The molecule has 0 bridgehead atoms. The Morgan fingerprint density at radius 3 is 2.65 bits per heavy atom. The lowest BCUT2D eigenvalue weighted by atomic mass is 9.96. The van der Waals surface area contributed by atoms with E-state index < -0.39 is 5.82 Å². The lowest BCUT2D eigenvalue weighted by Gasteiger charge is -2.13. The highest BCUT2D eigenvalue weighted by Gasteiger charge is 2.16. The van der Waals surface area contributed by atoms with Gasteiger partial charge in [0, 0.05) is 12.1 Å². The molecule has 1 saturated carbocycles. The van der Waals surface area contributed by atoms with Crippen LogP contribution in [0.25, 0.3) is 0 Å². The van der Waals surface area contributed by atoms with Crippen molar-refractivity contribution in [1.29, 1.82) is 5.26 Å². The average Bonchev–Trinajstić information content (AvgIpc) is 2.69. The average molecular weight is 274 g/mol. The van der Waals surface area contributed by atoms with Gasteiger partial charge in [-0.2, -0.15) is 5.26 Å². The van der Waals surface area contributed by atoms with Crippen molar-refractivity contribution < 1.29 is 9.18 Å². The second kappa shape index (κ2) is 7.04. The molecule has 1 aliphatic carbocycles. The standard InChI is InChI=1S/C16H19FN2O/c17-15-8-7-14(10-13(15)11-18)19-16(20)9-12-5-3-1-2-4-6-12/h7-8,10,12H,1-6,9H2,(H,19,20). The summed E-state index contributed by atoms with van der Waals surface area (Å²) >= 11 is 0. The van der Waals surface area contributed by atoms with Gasteiger partial charge >= 0.3 is 0 Å². The van der Waals surface area contributed by atoms with E-state index in [2.05, 4.69) is 5.32 Å². The van der Waals surface area contributed by atoms with Gasteiger partial charge in [-0.3, -0.25) is 4.79 Å². The number of rotatable bonds is 3. The molecule has 1 aromatic carbocycles. The Morgan fingerprint density at radius 2 is 2.00 bits per heavy atom. The highest BCUT2D eigenvalue weighted by atomic mass is 19.1. The molecule has 106 valence electrons. The molecule has 0 atom stereocenters. The van der Waals surface area contributed by atoms with E-state index >= 15 is 0 Å². The van der Waals surface area contributed by atoms with Crippen molar-refractivity contribution in [2.75, 3.05) is 5.32 Å². The summed E-state index contributed by atoms with van der Waals surface area (Å²) in [4.78, 5) is 12.0. The Labute approximate surface area is 118 Å². The van der Waals surface area contributed by atoms with Gasteiger partial charge in [0.05, 0.1) is 5.56 Å². The second-order valence-electron chi connectivity index (χ2n) is 5.42. The zero-order valence-electron chi connectivity index (χ0n) is 11.5. The van der Waals surface area contributed by atoms with E-state index in [-0.39, 0.29) is 11.5 Å². The van der Waals surface area contributed by atoms with Gasteiger partial charge in [-0.05, 0) is 37.0 Å². The molecule has 0 aliphatic heterocycles. The fourth-order valence-electron chi connectivity index (χ4n) is 2.73. The molecule has 1 N–H and O–H groups in total. The number of carbonyl (C=O) groups is 1. The van der Waals surface area contributed by atoms with Gasteiger partial charge in [0.2, 0.25) is 5.91 Å². The number of halogens is 1. The number of nitrogens with one attached hydrogen (secondary N) is 1. The number of nitriles is 1. The summed E-state index contributed by atoms with van der Waals surface area (Å²) in [7, 11) is 0. The summed E-state index contributed by atoms with van der Waals surface area (Å²) in [6.45, 7) is 0. The summed E-state index contributed by atoms with van der Waals surface area (Å²) in [5.41, 5.74) is 0.443. The van der Waals surface area contributed by atoms with Crippen LogP contribution in [0.5, 0.6) is 0 Å². The molecule has 4 heteroatoms. The summed E-state index contributed by atoms with van der Waals surface area (Å²) in [5, 5.41) is 11.5. The first kappa shape index (κ1) is 14.5. The molecule has 3 nitrogen and oxygen atoms in total. The van der Waals surface area contributed by atoms with Gasteiger partial charge in [0.15, 0.2) is 0 Å². The number of benzene rings is 1. The van der Waals surface area contributed by atoms with Gasteiger partial charge in [0.25, 0.3) is 0 Å². The zero-order chi connectivity index (χ0) is 14.4. The molecule has 0 spiro atoms. The van der Waals surface area contributed by atoms with E-state index in [1.807, 2.05) is 0 Å². The van der Waals surface area contributed by atoms with E-state index in [4.69, 9.17) is 5.26 Å². The second-order valence-corrected chi connectivity index (χ2v) is 5.42. The Hall–Kier alpha value is -1.89. The highest BCUT2D eigenvalue weighted by molar-refractivity contribution is 5.91. The molecule has 0 heterocycles. The molecular weight excluding hydrogens is 255 g/mol. The van der Waals surface area contributed by atoms with E-state index in [1.54, 1.807) is 6.07 Å². The Bertz CT molecular complexity index is 514. The number of carbonyl (C=O) groups excluding carboxylic acids is 1. The predicted molar refractivity (Wildman–Crippen MR) is 75.6 cm³/mol. The Kier molecular flexibility index (Phi) is 5.11. The van der Waals surface area contributed by atoms with Gasteiger partial charge in [0.1, 0.15) is 11.9 Å². The van der Waals surface area contributed by atoms with Crippen LogP contribution in [-0.4, -0.2) is 5.91 Å². The molecule has 20 heavy (non-hydrogen) atoms. The van der Waals surface area contributed by atoms with Gasteiger partial charge in [-0.15, -0.1) is 0 Å². The third kappa shape index (κ3) is 4.06. The minimum Gasteiger partial charge on any atom is -0.326 e. The van der Waals surface area contributed by atoms with Crippen LogP contribution in [0.3, 0.4) is 0 Å². The van der Waals surface area contributed by atoms with Gasteiger partial charge in [-0.1, -0.05) is 25.7 Å². The first-order valence-corrected chi connectivity index (χ1v) is 7.18. The Balaban J connectivity index is 1.92. The maximum atomic E-state index is 13.2. The number of nitrogens with zero attached hydrogens (tertiary/aromatic N) is 1. The number of hydrogen-bond donors (Lipinski definition) is 1. The Morgan fingerprint density at radius 1 is 1.30 bits per heavy atom. The van der Waals surface area contributed by atoms with Crippen LogP contribution in [0, 0.1) is 23.1 Å². The summed E-state index contributed by atoms with van der Waals surface area (Å²) in [6, 6.07) is 5.84. The molecule has 0 saturated heterocycles. The lowest BCUT2D eigenvalue weighted by Crippen LogP contribution is -2.16. The number of anilines is 1. The third-order valence-corrected chi connectivity index (χ3v) is 3.82. The van der Waals surface area contributed by atoms with Crippen molar-refractivity contribution in [2.45, 2.75) is 44.9 Å². The fraction of sp³-hybridized carbons (Fsp3) is 0.500. The van der Waals surface area contributed by atoms with Crippen molar-refractivity contribution >= 4 is 11.6 Å². The minimum absolute atomic E-state index is 0.0442. The van der Waals surface area contributed by atoms with Crippen LogP contribution in [0.4, 0.5) is 10.1 Å². The van der Waals surface area contributed by atoms with E-state index in [0.29, 0.717) is 18.0 Å². The van der Waals surface area contributed by atoms with Gasteiger partial charge < -0.3 is 5.32 Å². The maximum Gasteiger partial charge on any atom is 0.224 e. The maximum absolute atomic E-state index is 13.2. The number of amides is 1. The SMILES string of the molecule is N#Cc1cc(NC(=O)CC2CCCCCC2)ccc1F. The molecule has 1 amide bonds. The molecule has 2 rings (SSSR count). The van der Waals surface area contributed by atoms with Crippen molar-refractivity contribution in [1.82, 2.24) is 0 Å². The van der Waals surface area contributed by atoms with Crippen molar-refractivity contribution in [3.05, 3.63) is 29.6 Å². The smallest absolute Gasteiger partial charge is 0.224 e. The van der Waals surface area contributed by atoms with Crippen LogP contribution in [0.15, 0.2) is 18.2 Å². The minimum atomic E-state index is -0.561. The van der Waals surface area contributed by atoms with E-state index in [9.17, 15) is 9.18 Å². The van der Waals surface area contributed by atoms with Crippen molar-refractivity contribution in [3.8, 4) is 6.07 Å². The van der Waals surface area contributed by atoms with Crippen LogP contribution >= 0.6 is 0 Å². The van der Waals surface area contributed by atoms with Crippen molar-refractivity contribution in [3.63, 3.8) is 0 Å². The summed E-state index contributed by atoms with van der Waals surface area (Å²) in [6.07, 6.45) is 7.67. The monoisotopic (exact) mass is 274 g/mol. The lowest BCUT2D eigenvalue weighted by molar-refractivity contribution is -0.117. The summed E-state index contributed by atoms with van der Waals surface area (Å²) in [5.74, 6) is -0.157.